The highest BCUT2D eigenvalue weighted by molar-refractivity contribution is 7.09. The van der Waals surface area contributed by atoms with Crippen LogP contribution in [0, 0.1) is 0 Å². The van der Waals surface area contributed by atoms with E-state index in [1.54, 1.807) is 0 Å². The van der Waals surface area contributed by atoms with Crippen LogP contribution < -0.4 is 5.32 Å². The molecule has 110 valence electrons. The van der Waals surface area contributed by atoms with E-state index in [4.69, 9.17) is 0 Å². The smallest absolute Gasteiger partial charge is 0.140 e. The molecule has 3 heterocycles. The molecule has 0 aliphatic rings. The summed E-state index contributed by atoms with van der Waals surface area (Å²) < 4.78 is 2.28. The van der Waals surface area contributed by atoms with E-state index in [2.05, 4.69) is 58.5 Å². The molecule has 0 saturated heterocycles. The molecule has 1 N–H and O–H groups in total. The summed E-state index contributed by atoms with van der Waals surface area (Å²) in [6.45, 7) is 6.23. The lowest BCUT2D eigenvalue weighted by molar-refractivity contribution is 0.588. The number of pyridine rings is 1. The molecule has 3 nitrogen and oxygen atoms in total. The topological polar surface area (TPSA) is 29.9 Å². The van der Waals surface area contributed by atoms with Crippen LogP contribution in [0.2, 0.25) is 0 Å². The Bertz CT molecular complexity index is 698. The van der Waals surface area contributed by atoms with Crippen LogP contribution in [0.3, 0.4) is 0 Å². The molecule has 4 heteroatoms. The molecule has 0 aliphatic heterocycles. The predicted octanol–water partition coefficient (Wildman–Crippen LogP) is 3.84. The molecule has 0 atom stereocenters. The van der Waals surface area contributed by atoms with Crippen molar-refractivity contribution in [2.75, 3.05) is 0 Å². The molecular weight excluding hydrogens is 278 g/mol. The van der Waals surface area contributed by atoms with Gasteiger partial charge < -0.3 is 9.88 Å². The number of nitrogens with zero attached hydrogens (tertiary/aromatic N) is 2. The molecule has 0 unspecified atom stereocenters. The van der Waals surface area contributed by atoms with Crippen molar-refractivity contribution in [2.24, 2.45) is 0 Å². The lowest BCUT2D eigenvalue weighted by Crippen LogP contribution is -2.21. The van der Waals surface area contributed by atoms with Crippen molar-refractivity contribution in [3.8, 4) is 0 Å². The first-order valence-electron chi connectivity index (χ1n) is 7.42. The van der Waals surface area contributed by atoms with Crippen LogP contribution in [0.15, 0.2) is 42.0 Å². The minimum Gasteiger partial charge on any atom is -0.332 e. The number of aromatic nitrogens is 2. The van der Waals surface area contributed by atoms with E-state index in [-0.39, 0.29) is 0 Å². The number of hydrogen-bond acceptors (Lipinski definition) is 3. The molecule has 0 fully saturated rings. The monoisotopic (exact) mass is 299 g/mol. The summed E-state index contributed by atoms with van der Waals surface area (Å²) in [5, 5.41) is 6.90. The zero-order valence-corrected chi connectivity index (χ0v) is 13.4. The Hall–Kier alpha value is -1.65. The van der Waals surface area contributed by atoms with Crippen LogP contribution in [0.5, 0.6) is 0 Å². The molecule has 0 radical (unpaired) electrons. The number of rotatable bonds is 6. The van der Waals surface area contributed by atoms with E-state index >= 15 is 0 Å². The first-order valence-corrected chi connectivity index (χ1v) is 8.30. The highest BCUT2D eigenvalue weighted by Crippen LogP contribution is 2.20. The summed E-state index contributed by atoms with van der Waals surface area (Å²) in [5.74, 6) is 0. The Morgan fingerprint density at radius 3 is 2.95 bits per heavy atom. The van der Waals surface area contributed by atoms with Gasteiger partial charge in [0.25, 0.3) is 0 Å². The normalized spacial score (nSPS) is 11.6. The average Bonchev–Trinajstić information content (AvgIpc) is 3.11. The second-order valence-electron chi connectivity index (χ2n) is 5.59. The van der Waals surface area contributed by atoms with Gasteiger partial charge in [0.15, 0.2) is 0 Å². The molecule has 3 aromatic heterocycles. The third-order valence-electron chi connectivity index (χ3n) is 3.60. The van der Waals surface area contributed by atoms with Gasteiger partial charge in [-0.2, -0.15) is 0 Å². The van der Waals surface area contributed by atoms with Crippen LogP contribution in [-0.4, -0.2) is 15.6 Å². The van der Waals surface area contributed by atoms with Gasteiger partial charge in [0.1, 0.15) is 5.65 Å². The maximum atomic E-state index is 4.57. The Kier molecular flexibility index (Phi) is 4.36. The standard InChI is InChI=1S/C17H21N3S/c1-13(2)19-11-14-12-20(9-7-15-5-4-10-21-15)17-16(14)6-3-8-18-17/h3-6,8,10,12-13,19H,7,9,11H2,1-2H3. The first-order chi connectivity index (χ1) is 10.2. The average molecular weight is 299 g/mol. The number of nitrogens with one attached hydrogen (secondary N) is 1. The molecule has 21 heavy (non-hydrogen) atoms. The van der Waals surface area contributed by atoms with Crippen LogP contribution in [0.25, 0.3) is 11.0 Å². The van der Waals surface area contributed by atoms with Crippen molar-refractivity contribution in [1.82, 2.24) is 14.9 Å². The van der Waals surface area contributed by atoms with Crippen molar-refractivity contribution in [2.45, 2.75) is 39.4 Å². The second-order valence-corrected chi connectivity index (χ2v) is 6.62. The molecule has 3 aromatic rings. The van der Waals surface area contributed by atoms with Crippen molar-refractivity contribution in [3.63, 3.8) is 0 Å². The van der Waals surface area contributed by atoms with E-state index in [1.165, 1.54) is 15.8 Å². The van der Waals surface area contributed by atoms with E-state index < -0.39 is 0 Å². The van der Waals surface area contributed by atoms with Crippen LogP contribution in [0.4, 0.5) is 0 Å². The van der Waals surface area contributed by atoms with Crippen molar-refractivity contribution in [1.29, 1.82) is 0 Å². The summed E-state index contributed by atoms with van der Waals surface area (Å²) in [6, 6.07) is 8.99. The first kappa shape index (κ1) is 14.3. The maximum absolute atomic E-state index is 4.57. The van der Waals surface area contributed by atoms with Crippen LogP contribution in [0.1, 0.15) is 24.3 Å². The summed E-state index contributed by atoms with van der Waals surface area (Å²) in [7, 11) is 0. The lowest BCUT2D eigenvalue weighted by atomic mass is 10.2. The van der Waals surface area contributed by atoms with Crippen LogP contribution >= 0.6 is 11.3 Å². The fourth-order valence-electron chi connectivity index (χ4n) is 2.51. The quantitative estimate of drug-likeness (QED) is 0.749. The molecule has 0 saturated carbocycles. The molecule has 0 bridgehead atoms. The summed E-state index contributed by atoms with van der Waals surface area (Å²) in [6.07, 6.45) is 5.19. The zero-order valence-electron chi connectivity index (χ0n) is 12.5. The molecule has 0 aliphatic carbocycles. The fourth-order valence-corrected chi connectivity index (χ4v) is 3.20. The highest BCUT2D eigenvalue weighted by atomic mass is 32.1. The summed E-state index contributed by atoms with van der Waals surface area (Å²) in [4.78, 5) is 5.99. The van der Waals surface area contributed by atoms with E-state index in [9.17, 15) is 0 Å². The van der Waals surface area contributed by atoms with Gasteiger partial charge in [0.2, 0.25) is 0 Å². The Morgan fingerprint density at radius 2 is 2.19 bits per heavy atom. The number of thiophene rings is 1. The van der Waals surface area contributed by atoms with E-state index in [0.29, 0.717) is 6.04 Å². The lowest BCUT2D eigenvalue weighted by Gasteiger charge is -2.06. The Balaban J connectivity index is 1.84. The van der Waals surface area contributed by atoms with Crippen molar-refractivity contribution < 1.29 is 0 Å². The molecule has 0 spiro atoms. The third-order valence-corrected chi connectivity index (χ3v) is 4.53. The van der Waals surface area contributed by atoms with Gasteiger partial charge in [-0.15, -0.1) is 11.3 Å². The third kappa shape index (κ3) is 3.34. The van der Waals surface area contributed by atoms with Gasteiger partial charge in [0, 0.05) is 41.8 Å². The fraction of sp³-hybridized carbons (Fsp3) is 0.353. The minimum absolute atomic E-state index is 0.492. The maximum Gasteiger partial charge on any atom is 0.140 e. The van der Waals surface area contributed by atoms with Gasteiger partial charge in [-0.05, 0) is 35.6 Å². The van der Waals surface area contributed by atoms with Crippen molar-refractivity contribution in [3.05, 3.63) is 52.5 Å². The number of fused-ring (bicyclic) bond motifs is 1. The second kappa shape index (κ2) is 6.41. The Morgan fingerprint density at radius 1 is 1.29 bits per heavy atom. The van der Waals surface area contributed by atoms with E-state index in [1.807, 2.05) is 23.6 Å². The summed E-state index contributed by atoms with van der Waals surface area (Å²) >= 11 is 1.82. The molecule has 0 aromatic carbocycles. The zero-order chi connectivity index (χ0) is 14.7. The molecule has 0 amide bonds. The minimum atomic E-state index is 0.492. The van der Waals surface area contributed by atoms with Crippen molar-refractivity contribution >= 4 is 22.4 Å². The number of hydrogen-bond donors (Lipinski definition) is 1. The predicted molar refractivity (Wildman–Crippen MR) is 89.7 cm³/mol. The van der Waals surface area contributed by atoms with Gasteiger partial charge in [-0.3, -0.25) is 0 Å². The number of aryl methyl sites for hydroxylation is 2. The van der Waals surface area contributed by atoms with Gasteiger partial charge in [-0.1, -0.05) is 19.9 Å². The SMILES string of the molecule is CC(C)NCc1cn(CCc2cccs2)c2ncccc12. The van der Waals surface area contributed by atoms with Gasteiger partial charge in [-0.25, -0.2) is 4.98 Å². The largest absolute Gasteiger partial charge is 0.332 e. The van der Waals surface area contributed by atoms with Gasteiger partial charge in [0.05, 0.1) is 0 Å². The van der Waals surface area contributed by atoms with Crippen LogP contribution in [-0.2, 0) is 19.5 Å². The molecular formula is C17H21N3S. The summed E-state index contributed by atoms with van der Waals surface area (Å²) in [5.41, 5.74) is 2.42. The van der Waals surface area contributed by atoms with E-state index in [0.717, 1.165) is 25.2 Å². The Labute approximate surface area is 129 Å². The van der Waals surface area contributed by atoms with Gasteiger partial charge >= 0.3 is 0 Å². The molecule has 3 rings (SSSR count). The highest BCUT2D eigenvalue weighted by Gasteiger charge is 2.09.